The van der Waals surface area contributed by atoms with Gasteiger partial charge in [-0.25, -0.2) is 8.42 Å². The largest absolute Gasteiger partial charge is 0.337 e. The average Bonchev–Trinajstić information content (AvgIpc) is 3.17. The number of carbonyl (C=O) groups is 1. The molecule has 0 saturated carbocycles. The minimum atomic E-state index is -3.60. The van der Waals surface area contributed by atoms with E-state index in [1.54, 1.807) is 25.2 Å². The van der Waals surface area contributed by atoms with Crippen LogP contribution >= 0.6 is 12.4 Å². The highest BCUT2D eigenvalue weighted by molar-refractivity contribution is 7.89. The molecule has 2 fully saturated rings. The van der Waals surface area contributed by atoms with Gasteiger partial charge in [-0.05, 0) is 38.5 Å². The zero-order valence-corrected chi connectivity index (χ0v) is 18.4. The van der Waals surface area contributed by atoms with Crippen LogP contribution in [0.25, 0.3) is 0 Å². The van der Waals surface area contributed by atoms with Crippen molar-refractivity contribution in [1.29, 1.82) is 0 Å². The maximum absolute atomic E-state index is 12.9. The Morgan fingerprint density at radius 1 is 1.21 bits per heavy atom. The summed E-state index contributed by atoms with van der Waals surface area (Å²) < 4.78 is 26.8. The molecule has 3 rings (SSSR count). The molecular formula is C19H31ClN4O3S. The van der Waals surface area contributed by atoms with Gasteiger partial charge in [0.1, 0.15) is 0 Å². The van der Waals surface area contributed by atoms with Crippen molar-refractivity contribution < 1.29 is 13.2 Å². The zero-order valence-electron chi connectivity index (χ0n) is 16.8. The third kappa shape index (κ3) is 4.86. The van der Waals surface area contributed by atoms with E-state index in [0.29, 0.717) is 18.2 Å². The molecule has 9 heteroatoms. The molecule has 28 heavy (non-hydrogen) atoms. The molecule has 2 heterocycles. The molecule has 1 aromatic carbocycles. The number of sulfonamides is 1. The van der Waals surface area contributed by atoms with E-state index in [1.165, 1.54) is 10.4 Å². The van der Waals surface area contributed by atoms with Crippen molar-refractivity contribution in [3.8, 4) is 0 Å². The van der Waals surface area contributed by atoms with Crippen LogP contribution < -0.4 is 5.32 Å². The monoisotopic (exact) mass is 430 g/mol. The number of halogens is 1. The van der Waals surface area contributed by atoms with Gasteiger partial charge in [0.05, 0.1) is 4.90 Å². The van der Waals surface area contributed by atoms with Gasteiger partial charge in [-0.3, -0.25) is 9.69 Å². The van der Waals surface area contributed by atoms with Crippen LogP contribution in [-0.4, -0.2) is 86.8 Å². The van der Waals surface area contributed by atoms with Gasteiger partial charge in [-0.2, -0.15) is 4.31 Å². The van der Waals surface area contributed by atoms with Crippen molar-refractivity contribution in [3.05, 3.63) is 29.8 Å². The fourth-order valence-electron chi connectivity index (χ4n) is 3.69. The molecule has 1 aromatic rings. The Morgan fingerprint density at radius 3 is 2.54 bits per heavy atom. The molecule has 0 aliphatic carbocycles. The van der Waals surface area contributed by atoms with E-state index >= 15 is 0 Å². The minimum absolute atomic E-state index is 0. The number of nitrogens with one attached hydrogen (secondary N) is 1. The van der Waals surface area contributed by atoms with E-state index in [4.69, 9.17) is 0 Å². The Bertz CT molecular complexity index is 781. The van der Waals surface area contributed by atoms with E-state index in [1.807, 2.05) is 18.7 Å². The third-order valence-electron chi connectivity index (χ3n) is 5.60. The van der Waals surface area contributed by atoms with Gasteiger partial charge in [0.15, 0.2) is 0 Å². The number of benzene rings is 1. The van der Waals surface area contributed by atoms with E-state index in [-0.39, 0.29) is 29.3 Å². The van der Waals surface area contributed by atoms with Crippen LogP contribution in [0.3, 0.4) is 0 Å². The van der Waals surface area contributed by atoms with Crippen molar-refractivity contribution in [2.24, 2.45) is 0 Å². The Hall–Kier alpha value is -1.19. The lowest BCUT2D eigenvalue weighted by Crippen LogP contribution is -2.49. The lowest BCUT2D eigenvalue weighted by molar-refractivity contribution is 0.0773. The Labute approximate surface area is 174 Å². The molecule has 2 saturated heterocycles. The molecule has 2 aliphatic rings. The summed E-state index contributed by atoms with van der Waals surface area (Å²) in [7, 11) is -2.04. The molecule has 0 radical (unpaired) electrons. The van der Waals surface area contributed by atoms with Gasteiger partial charge in [0, 0.05) is 64.0 Å². The fourth-order valence-corrected chi connectivity index (χ4v) is 5.10. The molecule has 0 aromatic heterocycles. The molecule has 1 N–H and O–H groups in total. The number of hydrogen-bond donors (Lipinski definition) is 1. The lowest BCUT2D eigenvalue weighted by Gasteiger charge is -2.32. The van der Waals surface area contributed by atoms with Crippen LogP contribution in [0.1, 0.15) is 30.6 Å². The van der Waals surface area contributed by atoms with E-state index in [0.717, 1.165) is 39.1 Å². The van der Waals surface area contributed by atoms with Gasteiger partial charge in [0.25, 0.3) is 5.91 Å². The smallest absolute Gasteiger partial charge is 0.253 e. The molecule has 1 amide bonds. The summed E-state index contributed by atoms with van der Waals surface area (Å²) in [5.41, 5.74) is 0.439. The average molecular weight is 431 g/mol. The van der Waals surface area contributed by atoms with Crippen molar-refractivity contribution >= 4 is 28.3 Å². The van der Waals surface area contributed by atoms with Crippen LogP contribution in [-0.2, 0) is 10.0 Å². The van der Waals surface area contributed by atoms with Crippen LogP contribution in [0.5, 0.6) is 0 Å². The maximum Gasteiger partial charge on any atom is 0.253 e. The standard InChI is InChI=1S/C19H30N4O3S.ClH/c1-15(2)21(3)27(25,26)18-6-4-5-16(13-18)19(24)23-10-7-17(14-23)22-11-8-20-9-12-22;/h4-6,13,15,17,20H,7-12,14H2,1-3H3;1H. The first-order valence-electron chi connectivity index (χ1n) is 9.63. The predicted molar refractivity (Wildman–Crippen MR) is 113 cm³/mol. The highest BCUT2D eigenvalue weighted by Crippen LogP contribution is 2.22. The van der Waals surface area contributed by atoms with Gasteiger partial charge < -0.3 is 10.2 Å². The number of piperazine rings is 1. The van der Waals surface area contributed by atoms with Gasteiger partial charge >= 0.3 is 0 Å². The summed E-state index contributed by atoms with van der Waals surface area (Å²) in [4.78, 5) is 17.4. The predicted octanol–water partition coefficient (Wildman–Crippen LogP) is 1.26. The molecular weight excluding hydrogens is 400 g/mol. The van der Waals surface area contributed by atoms with Crippen molar-refractivity contribution in [3.63, 3.8) is 0 Å². The van der Waals surface area contributed by atoms with E-state index in [9.17, 15) is 13.2 Å². The number of amides is 1. The summed E-state index contributed by atoms with van der Waals surface area (Å²) in [5.74, 6) is -0.0862. The second kappa shape index (κ2) is 9.54. The summed E-state index contributed by atoms with van der Waals surface area (Å²) in [5, 5.41) is 3.35. The molecule has 0 spiro atoms. The number of carbonyl (C=O) groups excluding carboxylic acids is 1. The van der Waals surface area contributed by atoms with Gasteiger partial charge in [-0.1, -0.05) is 6.07 Å². The number of rotatable bonds is 5. The van der Waals surface area contributed by atoms with Crippen molar-refractivity contribution in [1.82, 2.24) is 19.4 Å². The second-order valence-corrected chi connectivity index (χ2v) is 9.62. The SMILES string of the molecule is CC(C)N(C)S(=O)(=O)c1cccc(C(=O)N2CCC(N3CCNCC3)C2)c1.Cl. The first kappa shape index (κ1) is 23.1. The van der Waals surface area contributed by atoms with Crippen LogP contribution in [0, 0.1) is 0 Å². The van der Waals surface area contributed by atoms with Crippen LogP contribution in [0.4, 0.5) is 0 Å². The zero-order chi connectivity index (χ0) is 19.6. The Kier molecular flexibility index (Phi) is 7.87. The van der Waals surface area contributed by atoms with Gasteiger partial charge in [0.2, 0.25) is 10.0 Å². The lowest BCUT2D eigenvalue weighted by atomic mass is 10.2. The molecule has 0 bridgehead atoms. The summed E-state index contributed by atoms with van der Waals surface area (Å²) in [6.07, 6.45) is 0.972. The first-order valence-corrected chi connectivity index (χ1v) is 11.1. The highest BCUT2D eigenvalue weighted by Gasteiger charge is 2.32. The quantitative estimate of drug-likeness (QED) is 0.761. The first-order chi connectivity index (χ1) is 12.8. The Morgan fingerprint density at radius 2 is 1.89 bits per heavy atom. The van der Waals surface area contributed by atoms with Crippen LogP contribution in [0.15, 0.2) is 29.2 Å². The summed E-state index contributed by atoms with van der Waals surface area (Å²) >= 11 is 0. The molecule has 1 atom stereocenters. The Balaban J connectivity index is 0.00000280. The highest BCUT2D eigenvalue weighted by atomic mass is 35.5. The van der Waals surface area contributed by atoms with Crippen LogP contribution in [0.2, 0.25) is 0 Å². The van der Waals surface area contributed by atoms with Crippen molar-refractivity contribution in [2.75, 3.05) is 46.3 Å². The fraction of sp³-hybridized carbons (Fsp3) is 0.632. The second-order valence-electron chi connectivity index (χ2n) is 7.62. The minimum Gasteiger partial charge on any atom is -0.337 e. The number of nitrogens with zero attached hydrogens (tertiary/aromatic N) is 3. The third-order valence-corrected chi connectivity index (χ3v) is 7.63. The summed E-state index contributed by atoms with van der Waals surface area (Å²) in [6, 6.07) is 6.67. The molecule has 1 unspecified atom stereocenters. The van der Waals surface area contributed by atoms with Crippen molar-refractivity contribution in [2.45, 2.75) is 37.2 Å². The van der Waals surface area contributed by atoms with Gasteiger partial charge in [-0.15, -0.1) is 12.4 Å². The molecule has 158 valence electrons. The summed E-state index contributed by atoms with van der Waals surface area (Å²) in [6.45, 7) is 9.10. The van der Waals surface area contributed by atoms with E-state index < -0.39 is 10.0 Å². The van der Waals surface area contributed by atoms with E-state index in [2.05, 4.69) is 10.2 Å². The maximum atomic E-state index is 12.9. The normalized spacial score (nSPS) is 21.2. The molecule has 7 nitrogen and oxygen atoms in total. The molecule has 2 aliphatic heterocycles. The number of hydrogen-bond acceptors (Lipinski definition) is 5. The number of likely N-dealkylation sites (tertiary alicyclic amines) is 1. The topological polar surface area (TPSA) is 73.0 Å².